The highest BCUT2D eigenvalue weighted by Crippen LogP contribution is 2.37. The number of ether oxygens (including phenoxy) is 1. The van der Waals surface area contributed by atoms with Gasteiger partial charge in [0.15, 0.2) is 0 Å². The molecule has 8 heteroatoms. The predicted octanol–water partition coefficient (Wildman–Crippen LogP) is 5.25. The zero-order valence-corrected chi connectivity index (χ0v) is 16.5. The molecule has 0 fully saturated rings. The van der Waals surface area contributed by atoms with E-state index in [9.17, 15) is 22.4 Å². The summed E-state index contributed by atoms with van der Waals surface area (Å²) in [6, 6.07) is 13.1. The van der Waals surface area contributed by atoms with Crippen molar-refractivity contribution in [3.05, 3.63) is 82.7 Å². The van der Waals surface area contributed by atoms with Crippen molar-refractivity contribution in [2.75, 3.05) is 7.11 Å². The third-order valence-corrected chi connectivity index (χ3v) is 5.27. The maximum atomic E-state index is 14.6. The van der Waals surface area contributed by atoms with Crippen LogP contribution in [0.5, 0.6) is 0 Å². The number of carbonyl (C=O) groups is 1. The highest BCUT2D eigenvalue weighted by atomic mass is 19.4. The van der Waals surface area contributed by atoms with E-state index in [2.05, 4.69) is 0 Å². The number of carbonyl (C=O) groups excluding carboxylic acids is 1. The number of alkyl halides is 3. The van der Waals surface area contributed by atoms with Gasteiger partial charge in [-0.2, -0.15) is 13.2 Å². The van der Waals surface area contributed by atoms with Gasteiger partial charge in [0.2, 0.25) is 5.91 Å². The van der Waals surface area contributed by atoms with Gasteiger partial charge in [0.05, 0.1) is 24.2 Å². The summed E-state index contributed by atoms with van der Waals surface area (Å²) in [5.41, 5.74) is 6.08. The van der Waals surface area contributed by atoms with Gasteiger partial charge in [-0.1, -0.05) is 24.3 Å². The van der Waals surface area contributed by atoms with E-state index in [1.165, 1.54) is 7.11 Å². The zero-order valence-electron chi connectivity index (χ0n) is 16.5. The number of hydrogen-bond donors (Lipinski definition) is 1. The van der Waals surface area contributed by atoms with Crippen LogP contribution in [0.25, 0.3) is 21.8 Å². The lowest BCUT2D eigenvalue weighted by molar-refractivity contribution is -0.138. The van der Waals surface area contributed by atoms with Crippen molar-refractivity contribution in [2.24, 2.45) is 5.73 Å². The number of amides is 1. The topological polar surface area (TPSA) is 57.2 Å². The molecule has 0 aliphatic rings. The van der Waals surface area contributed by atoms with Gasteiger partial charge in [0.25, 0.3) is 0 Å². The summed E-state index contributed by atoms with van der Waals surface area (Å²) in [6.07, 6.45) is -4.71. The number of rotatable bonds is 5. The molecule has 160 valence electrons. The fraction of sp³-hybridized carbons (Fsp3) is 0.174. The Morgan fingerprint density at radius 3 is 2.48 bits per heavy atom. The summed E-state index contributed by atoms with van der Waals surface area (Å²) < 4.78 is 62.0. The van der Waals surface area contributed by atoms with Gasteiger partial charge in [-0.15, -0.1) is 0 Å². The van der Waals surface area contributed by atoms with Crippen molar-refractivity contribution in [1.82, 2.24) is 4.57 Å². The molecule has 0 aliphatic heterocycles. The van der Waals surface area contributed by atoms with Gasteiger partial charge in [-0.05, 0) is 35.9 Å². The molecule has 3 aromatic carbocycles. The van der Waals surface area contributed by atoms with Gasteiger partial charge in [-0.25, -0.2) is 4.39 Å². The smallest absolute Gasteiger partial charge is 0.380 e. The Morgan fingerprint density at radius 2 is 1.81 bits per heavy atom. The van der Waals surface area contributed by atoms with Crippen molar-refractivity contribution < 1.29 is 27.1 Å². The Hall–Kier alpha value is -3.39. The number of primary amides is 1. The molecule has 4 nitrogen and oxygen atoms in total. The quantitative estimate of drug-likeness (QED) is 0.440. The van der Waals surface area contributed by atoms with Crippen LogP contribution in [0.4, 0.5) is 17.6 Å². The molecule has 0 radical (unpaired) electrons. The van der Waals surface area contributed by atoms with E-state index >= 15 is 0 Å². The summed E-state index contributed by atoms with van der Waals surface area (Å²) in [5, 5.41) is 1.15. The van der Waals surface area contributed by atoms with Crippen molar-refractivity contribution in [2.45, 2.75) is 19.3 Å². The molecule has 1 heterocycles. The second-order valence-electron chi connectivity index (χ2n) is 7.20. The molecular formula is C23H18F4N2O2. The van der Waals surface area contributed by atoms with Gasteiger partial charge < -0.3 is 15.0 Å². The first-order valence-corrected chi connectivity index (χ1v) is 9.39. The van der Waals surface area contributed by atoms with Crippen molar-refractivity contribution in [1.29, 1.82) is 0 Å². The van der Waals surface area contributed by atoms with E-state index in [0.717, 1.165) is 23.8 Å². The maximum absolute atomic E-state index is 14.6. The molecule has 0 spiro atoms. The minimum absolute atomic E-state index is 0.241. The zero-order chi connectivity index (χ0) is 22.3. The van der Waals surface area contributed by atoms with Crippen LogP contribution in [-0.4, -0.2) is 17.6 Å². The van der Waals surface area contributed by atoms with E-state index in [0.29, 0.717) is 21.8 Å². The Kier molecular flexibility index (Phi) is 5.18. The van der Waals surface area contributed by atoms with Crippen molar-refractivity contribution in [3.8, 4) is 0 Å². The van der Waals surface area contributed by atoms with Crippen molar-refractivity contribution >= 4 is 27.7 Å². The number of methoxy groups -OCH3 is 1. The summed E-state index contributed by atoms with van der Waals surface area (Å²) in [5.74, 6) is -1.61. The fourth-order valence-corrected chi connectivity index (χ4v) is 3.97. The molecule has 0 saturated heterocycles. The molecule has 4 aromatic rings. The van der Waals surface area contributed by atoms with Crippen LogP contribution >= 0.6 is 0 Å². The molecule has 1 aromatic heterocycles. The first-order valence-electron chi connectivity index (χ1n) is 9.39. The van der Waals surface area contributed by atoms with E-state index in [1.807, 2.05) is 0 Å². The van der Waals surface area contributed by atoms with Crippen molar-refractivity contribution in [3.63, 3.8) is 0 Å². The van der Waals surface area contributed by atoms with Crippen LogP contribution in [0.2, 0.25) is 0 Å². The van der Waals surface area contributed by atoms with Gasteiger partial charge in [0, 0.05) is 34.5 Å². The van der Waals surface area contributed by atoms with Crippen LogP contribution in [0.3, 0.4) is 0 Å². The largest absolute Gasteiger partial charge is 0.416 e. The SMILES string of the molecule is COCc1ccc2c3c(C(N)=O)cccc3n(Cc3c(F)cccc3C(F)(F)F)c2c1. The lowest BCUT2D eigenvalue weighted by atomic mass is 10.0. The third-order valence-electron chi connectivity index (χ3n) is 5.27. The summed E-state index contributed by atoms with van der Waals surface area (Å²) >= 11 is 0. The summed E-state index contributed by atoms with van der Waals surface area (Å²) in [4.78, 5) is 12.0. The molecule has 0 bridgehead atoms. The molecule has 1 amide bonds. The molecule has 0 unspecified atom stereocenters. The Bertz CT molecular complexity index is 1310. The third kappa shape index (κ3) is 3.63. The standard InChI is InChI=1S/C23H18F4N2O2/c1-31-12-13-8-9-14-20(10-13)29(19-7-2-4-15(21(14)19)22(28)30)11-16-17(23(25,26)27)5-3-6-18(16)24/h2-10H,11-12H2,1H3,(H2,28,30). The van der Waals surface area contributed by atoms with Gasteiger partial charge in [-0.3, -0.25) is 4.79 Å². The average Bonchev–Trinajstić information content (AvgIpc) is 3.02. The van der Waals surface area contributed by atoms with Crippen LogP contribution in [0.1, 0.15) is 27.0 Å². The number of benzene rings is 3. The van der Waals surface area contributed by atoms with E-state index in [1.54, 1.807) is 41.0 Å². The second-order valence-corrected chi connectivity index (χ2v) is 7.20. The van der Waals surface area contributed by atoms with Crippen LogP contribution < -0.4 is 5.73 Å². The highest BCUT2D eigenvalue weighted by molar-refractivity contribution is 6.18. The monoisotopic (exact) mass is 430 g/mol. The molecular weight excluding hydrogens is 412 g/mol. The molecule has 0 saturated carbocycles. The normalized spacial score (nSPS) is 12.0. The number of nitrogens with two attached hydrogens (primary N) is 1. The van der Waals surface area contributed by atoms with Crippen LogP contribution in [-0.2, 0) is 24.1 Å². The Morgan fingerprint density at radius 1 is 1.06 bits per heavy atom. The van der Waals surface area contributed by atoms with E-state index in [4.69, 9.17) is 10.5 Å². The van der Waals surface area contributed by atoms with Crippen LogP contribution in [0, 0.1) is 5.82 Å². The maximum Gasteiger partial charge on any atom is 0.416 e. The number of hydrogen-bond acceptors (Lipinski definition) is 2. The Balaban J connectivity index is 2.05. The molecule has 2 N–H and O–H groups in total. The number of nitrogens with zero attached hydrogens (tertiary/aromatic N) is 1. The molecule has 0 atom stereocenters. The van der Waals surface area contributed by atoms with E-state index < -0.39 is 29.0 Å². The molecule has 0 aliphatic carbocycles. The van der Waals surface area contributed by atoms with E-state index in [-0.39, 0.29) is 18.7 Å². The first kappa shape index (κ1) is 20.9. The lowest BCUT2D eigenvalue weighted by Crippen LogP contribution is -2.14. The fourth-order valence-electron chi connectivity index (χ4n) is 3.97. The van der Waals surface area contributed by atoms with Gasteiger partial charge >= 0.3 is 6.18 Å². The molecule has 31 heavy (non-hydrogen) atoms. The minimum atomic E-state index is -4.71. The molecule has 4 rings (SSSR count). The minimum Gasteiger partial charge on any atom is -0.380 e. The van der Waals surface area contributed by atoms with Crippen LogP contribution in [0.15, 0.2) is 54.6 Å². The highest BCUT2D eigenvalue weighted by Gasteiger charge is 2.34. The number of aromatic nitrogens is 1. The average molecular weight is 430 g/mol. The predicted molar refractivity (Wildman–Crippen MR) is 109 cm³/mol. The number of fused-ring (bicyclic) bond motifs is 3. The summed E-state index contributed by atoms with van der Waals surface area (Å²) in [7, 11) is 1.53. The second kappa shape index (κ2) is 7.70. The first-order chi connectivity index (χ1) is 14.7. The number of halogens is 4. The summed E-state index contributed by atoms with van der Waals surface area (Å²) in [6.45, 7) is -0.0895. The van der Waals surface area contributed by atoms with Gasteiger partial charge in [0.1, 0.15) is 5.82 Å². The lowest BCUT2D eigenvalue weighted by Gasteiger charge is -2.16. The Labute approximate surface area is 174 Å².